The summed E-state index contributed by atoms with van der Waals surface area (Å²) in [6.45, 7) is 13.5. The van der Waals surface area contributed by atoms with E-state index in [4.69, 9.17) is 4.74 Å². The molecule has 2 unspecified atom stereocenters. The van der Waals surface area contributed by atoms with E-state index >= 15 is 0 Å². The minimum absolute atomic E-state index is 0.136. The van der Waals surface area contributed by atoms with Crippen molar-refractivity contribution < 1.29 is 18.9 Å². The maximum absolute atomic E-state index is 13.8. The molecule has 1 N–H and O–H groups in total. The van der Waals surface area contributed by atoms with Gasteiger partial charge in [0.1, 0.15) is 11.5 Å². The van der Waals surface area contributed by atoms with Crippen molar-refractivity contribution in [1.82, 2.24) is 10.2 Å². The predicted molar refractivity (Wildman–Crippen MR) is 174 cm³/mol. The van der Waals surface area contributed by atoms with Crippen molar-refractivity contribution in [3.8, 4) is 11.1 Å². The molecule has 3 aliphatic rings. The van der Waals surface area contributed by atoms with Gasteiger partial charge >= 0.3 is 0 Å². The Morgan fingerprint density at radius 3 is 2.47 bits per heavy atom. The Bertz CT molecular complexity index is 1320. The van der Waals surface area contributed by atoms with Gasteiger partial charge in [0.2, 0.25) is 0 Å². The average Bonchev–Trinajstić information content (AvgIpc) is 2.99. The first kappa shape index (κ1) is 31.7. The van der Waals surface area contributed by atoms with Crippen molar-refractivity contribution >= 4 is 34.4 Å². The highest BCUT2D eigenvalue weighted by molar-refractivity contribution is 7.91. The van der Waals surface area contributed by atoms with Crippen LogP contribution in [0.3, 0.4) is 0 Å². The zero-order valence-electron chi connectivity index (χ0n) is 26.1. The van der Waals surface area contributed by atoms with E-state index in [1.807, 2.05) is 19.9 Å². The summed E-state index contributed by atoms with van der Waals surface area (Å²) in [6, 6.07) is 13.1. The van der Waals surface area contributed by atoms with E-state index in [0.29, 0.717) is 17.1 Å². The van der Waals surface area contributed by atoms with E-state index in [2.05, 4.69) is 64.3 Å². The zero-order valence-corrected chi connectivity index (χ0v) is 26.9. The van der Waals surface area contributed by atoms with Gasteiger partial charge in [-0.15, -0.1) is 0 Å². The first-order chi connectivity index (χ1) is 20.7. The first-order valence-electron chi connectivity index (χ1n) is 15.7. The smallest absolute Gasteiger partial charge is 0.251 e. The second kappa shape index (κ2) is 14.4. The minimum Gasteiger partial charge on any atom is -0.616 e. The van der Waals surface area contributed by atoms with Crippen molar-refractivity contribution in [2.75, 3.05) is 55.8 Å². The molecule has 8 nitrogen and oxygen atoms in total. The van der Waals surface area contributed by atoms with Gasteiger partial charge in [-0.2, -0.15) is 0 Å². The molecule has 2 atom stereocenters. The molecular formula is C34H46N4O4S. The van der Waals surface area contributed by atoms with Gasteiger partial charge in [0.05, 0.1) is 19.1 Å². The Morgan fingerprint density at radius 1 is 1.12 bits per heavy atom. The lowest BCUT2D eigenvalue weighted by Gasteiger charge is -2.37. The van der Waals surface area contributed by atoms with Crippen molar-refractivity contribution in [3.63, 3.8) is 0 Å². The SMILES string of the molecule is CCN(c1cc(-c2ccc(CN3CCOCC3)cc2)cc(C(=O)NCC2C(=O)N=C(C)CC2C)c1C)C1CC[S+]([O-])CC1. The summed E-state index contributed by atoms with van der Waals surface area (Å²) < 4.78 is 17.6. The van der Waals surface area contributed by atoms with Crippen LogP contribution < -0.4 is 10.2 Å². The summed E-state index contributed by atoms with van der Waals surface area (Å²) in [4.78, 5) is 35.4. The molecule has 2 amide bonds. The van der Waals surface area contributed by atoms with Crippen LogP contribution in [0.4, 0.5) is 5.69 Å². The summed E-state index contributed by atoms with van der Waals surface area (Å²) in [6.07, 6.45) is 2.52. The Kier molecular flexibility index (Phi) is 10.6. The van der Waals surface area contributed by atoms with E-state index in [0.717, 1.165) is 86.7 Å². The number of carbonyl (C=O) groups excluding carboxylic acids is 2. The molecule has 0 bridgehead atoms. The molecule has 0 aromatic heterocycles. The second-order valence-corrected chi connectivity index (χ2v) is 14.0. The lowest BCUT2D eigenvalue weighted by molar-refractivity contribution is -0.123. The molecule has 2 aromatic rings. The van der Waals surface area contributed by atoms with Gasteiger partial charge in [0, 0.05) is 68.6 Å². The summed E-state index contributed by atoms with van der Waals surface area (Å²) >= 11 is -0.744. The van der Waals surface area contributed by atoms with Crippen LogP contribution in [0.5, 0.6) is 0 Å². The van der Waals surface area contributed by atoms with Crippen LogP contribution in [0.25, 0.3) is 11.1 Å². The average molecular weight is 607 g/mol. The van der Waals surface area contributed by atoms with Crippen LogP contribution in [-0.4, -0.2) is 83.9 Å². The number of morpholine rings is 1. The number of hydrogen-bond acceptors (Lipinski definition) is 6. The Labute approximate surface area is 259 Å². The number of rotatable bonds is 9. The predicted octanol–water partition coefficient (Wildman–Crippen LogP) is 4.60. The molecular weight excluding hydrogens is 560 g/mol. The number of amides is 2. The monoisotopic (exact) mass is 606 g/mol. The zero-order chi connectivity index (χ0) is 30.5. The highest BCUT2D eigenvalue weighted by Gasteiger charge is 2.31. The fourth-order valence-electron chi connectivity index (χ4n) is 6.69. The molecule has 3 heterocycles. The molecule has 0 spiro atoms. The van der Waals surface area contributed by atoms with Crippen molar-refractivity contribution in [2.24, 2.45) is 16.8 Å². The van der Waals surface area contributed by atoms with Crippen molar-refractivity contribution in [1.29, 1.82) is 0 Å². The fraction of sp³-hybridized carbons (Fsp3) is 0.559. The standard InChI is InChI=1S/C34H46N4O4S/c1-5-38(29-10-16-43(41)17-11-29)32-20-28(27-8-6-26(7-9-27)22-37-12-14-42-15-13-37)19-30(25(32)4)33(39)35-21-31-23(2)18-24(3)36-34(31)40/h6-9,19-20,23,29,31H,5,10-18,21-22H2,1-4H3,(H,35,39). The van der Waals surface area contributed by atoms with Crippen LogP contribution in [-0.2, 0) is 27.3 Å². The van der Waals surface area contributed by atoms with E-state index < -0.39 is 11.2 Å². The number of nitrogens with zero attached hydrogens (tertiary/aromatic N) is 3. The lowest BCUT2D eigenvalue weighted by atomic mass is 9.86. The largest absolute Gasteiger partial charge is 0.616 e. The maximum Gasteiger partial charge on any atom is 0.251 e. The third-order valence-corrected chi connectivity index (χ3v) is 10.7. The third kappa shape index (κ3) is 7.69. The number of hydrogen-bond donors (Lipinski definition) is 1. The first-order valence-corrected chi connectivity index (χ1v) is 17.2. The highest BCUT2D eigenvalue weighted by Crippen LogP contribution is 2.34. The minimum atomic E-state index is -0.744. The molecule has 43 heavy (non-hydrogen) atoms. The number of aliphatic imine (C=N–C) groups is 1. The second-order valence-electron chi connectivity index (χ2n) is 12.3. The number of anilines is 1. The van der Waals surface area contributed by atoms with Crippen LogP contribution >= 0.6 is 0 Å². The molecule has 5 rings (SSSR count). The maximum atomic E-state index is 13.8. The van der Waals surface area contributed by atoms with Crippen LogP contribution in [0.1, 0.15) is 61.5 Å². The normalized spacial score (nSPS) is 24.9. The van der Waals surface area contributed by atoms with E-state index in [1.54, 1.807) is 0 Å². The molecule has 2 saturated heterocycles. The van der Waals surface area contributed by atoms with Gasteiger partial charge in [-0.1, -0.05) is 42.4 Å². The molecule has 9 heteroatoms. The number of carbonyl (C=O) groups is 2. The van der Waals surface area contributed by atoms with Crippen molar-refractivity contribution in [3.05, 3.63) is 53.1 Å². The van der Waals surface area contributed by atoms with Gasteiger partial charge in [-0.05, 0) is 67.5 Å². The highest BCUT2D eigenvalue weighted by atomic mass is 32.2. The summed E-state index contributed by atoms with van der Waals surface area (Å²) in [5.41, 5.74) is 6.75. The Balaban J connectivity index is 1.43. The third-order valence-electron chi connectivity index (χ3n) is 9.28. The molecule has 232 valence electrons. The van der Waals surface area contributed by atoms with Gasteiger partial charge in [-0.3, -0.25) is 14.5 Å². The number of nitrogens with one attached hydrogen (secondary N) is 1. The van der Waals surface area contributed by atoms with Crippen LogP contribution in [0.15, 0.2) is 41.4 Å². The number of benzene rings is 2. The summed E-state index contributed by atoms with van der Waals surface area (Å²) in [5, 5.41) is 3.08. The Hall–Kier alpha value is -2.72. The quantitative estimate of drug-likeness (QED) is 0.419. The fourth-order valence-corrected chi connectivity index (χ4v) is 7.97. The summed E-state index contributed by atoms with van der Waals surface area (Å²) in [7, 11) is 0. The Morgan fingerprint density at radius 2 is 1.81 bits per heavy atom. The van der Waals surface area contributed by atoms with E-state index in [1.165, 1.54) is 5.56 Å². The van der Waals surface area contributed by atoms with E-state index in [-0.39, 0.29) is 36.2 Å². The van der Waals surface area contributed by atoms with Gasteiger partial charge < -0.3 is 19.5 Å². The topological polar surface area (TPSA) is 97.3 Å². The van der Waals surface area contributed by atoms with Gasteiger partial charge in [0.15, 0.2) is 0 Å². The molecule has 0 aliphatic carbocycles. The molecule has 2 fully saturated rings. The molecule has 0 saturated carbocycles. The number of ether oxygens (including phenoxy) is 1. The van der Waals surface area contributed by atoms with Gasteiger partial charge in [-0.25, -0.2) is 4.99 Å². The lowest BCUT2D eigenvalue weighted by Crippen LogP contribution is -2.42. The van der Waals surface area contributed by atoms with Crippen LogP contribution in [0.2, 0.25) is 0 Å². The van der Waals surface area contributed by atoms with Crippen molar-refractivity contribution in [2.45, 2.75) is 59.5 Å². The molecule has 0 radical (unpaired) electrons. The molecule has 2 aromatic carbocycles. The van der Waals surface area contributed by atoms with Crippen LogP contribution in [0, 0.1) is 18.8 Å². The molecule has 3 aliphatic heterocycles. The van der Waals surface area contributed by atoms with E-state index in [9.17, 15) is 14.1 Å². The van der Waals surface area contributed by atoms with Gasteiger partial charge in [0.25, 0.3) is 11.8 Å². The summed E-state index contributed by atoms with van der Waals surface area (Å²) in [5.74, 6) is 0.936.